The Morgan fingerprint density at radius 2 is 2.25 bits per heavy atom. The maximum atomic E-state index is 11.6. The molecule has 16 heavy (non-hydrogen) atoms. The Hall–Kier alpha value is -0.870. The molecule has 0 aliphatic carbocycles. The fraction of sp³-hybridized carbons (Fsp3) is 0.750. The van der Waals surface area contributed by atoms with E-state index in [9.17, 15) is 4.79 Å². The van der Waals surface area contributed by atoms with E-state index in [0.29, 0.717) is 12.5 Å². The van der Waals surface area contributed by atoms with Crippen molar-refractivity contribution >= 4 is 5.91 Å². The molecule has 0 bridgehead atoms. The number of rotatable bonds is 5. The number of likely N-dealkylation sites (tertiary alicyclic amines) is 1. The molecule has 3 N–H and O–H groups in total. The fourth-order valence-electron chi connectivity index (χ4n) is 1.94. The summed E-state index contributed by atoms with van der Waals surface area (Å²) < 4.78 is 0. The van der Waals surface area contributed by atoms with Crippen molar-refractivity contribution in [3.63, 3.8) is 0 Å². The van der Waals surface area contributed by atoms with Crippen molar-refractivity contribution in [3.8, 4) is 0 Å². The predicted octanol–water partition coefficient (Wildman–Crippen LogP) is 0.490. The normalized spacial score (nSPS) is 20.4. The summed E-state index contributed by atoms with van der Waals surface area (Å²) in [5.41, 5.74) is 5.67. The molecule has 0 spiro atoms. The third-order valence-electron chi connectivity index (χ3n) is 3.10. The Labute approximate surface area is 97.9 Å². The van der Waals surface area contributed by atoms with Gasteiger partial charge in [0.1, 0.15) is 0 Å². The number of nitrogens with one attached hydrogen (secondary N) is 1. The highest BCUT2D eigenvalue weighted by molar-refractivity contribution is 5.81. The van der Waals surface area contributed by atoms with E-state index in [4.69, 9.17) is 5.73 Å². The highest BCUT2D eigenvalue weighted by Gasteiger charge is 2.21. The van der Waals surface area contributed by atoms with Crippen molar-refractivity contribution in [1.29, 1.82) is 0 Å². The molecule has 1 fully saturated rings. The monoisotopic (exact) mass is 225 g/mol. The van der Waals surface area contributed by atoms with E-state index in [1.165, 1.54) is 0 Å². The molecule has 1 aliphatic heterocycles. The maximum absolute atomic E-state index is 11.6. The Bertz CT molecular complexity index is 234. The van der Waals surface area contributed by atoms with E-state index in [1.54, 1.807) is 0 Å². The van der Waals surface area contributed by atoms with Gasteiger partial charge in [-0.3, -0.25) is 9.69 Å². The topological polar surface area (TPSA) is 58.4 Å². The number of carbonyl (C=O) groups is 1. The lowest BCUT2D eigenvalue weighted by Gasteiger charge is -2.32. The molecule has 0 unspecified atom stereocenters. The van der Waals surface area contributed by atoms with Gasteiger partial charge in [0.05, 0.1) is 6.04 Å². The summed E-state index contributed by atoms with van der Waals surface area (Å²) in [5, 5.41) is 3.02. The molecule has 0 saturated carbocycles. The predicted molar refractivity (Wildman–Crippen MR) is 66.1 cm³/mol. The third kappa shape index (κ3) is 3.94. The minimum Gasteiger partial charge on any atom is -0.352 e. The van der Waals surface area contributed by atoms with Crippen molar-refractivity contribution in [2.45, 2.75) is 38.3 Å². The molecule has 4 heteroatoms. The lowest BCUT2D eigenvalue weighted by molar-refractivity contribution is -0.123. The van der Waals surface area contributed by atoms with E-state index in [-0.39, 0.29) is 11.9 Å². The number of hydrogen-bond acceptors (Lipinski definition) is 3. The van der Waals surface area contributed by atoms with Crippen LogP contribution in [-0.4, -0.2) is 42.5 Å². The first-order valence-electron chi connectivity index (χ1n) is 6.06. The molecule has 1 saturated heterocycles. The van der Waals surface area contributed by atoms with Crippen LogP contribution < -0.4 is 11.1 Å². The van der Waals surface area contributed by atoms with Gasteiger partial charge < -0.3 is 11.1 Å². The van der Waals surface area contributed by atoms with Gasteiger partial charge in [-0.25, -0.2) is 0 Å². The number of hydrogen-bond donors (Lipinski definition) is 2. The quantitative estimate of drug-likeness (QED) is 0.670. The smallest absolute Gasteiger partial charge is 0.237 e. The van der Waals surface area contributed by atoms with Crippen LogP contribution in [0.2, 0.25) is 0 Å². The van der Waals surface area contributed by atoms with Gasteiger partial charge in [0.25, 0.3) is 0 Å². The zero-order valence-electron chi connectivity index (χ0n) is 10.1. The van der Waals surface area contributed by atoms with Crippen LogP contribution in [0.1, 0.15) is 26.2 Å². The van der Waals surface area contributed by atoms with Gasteiger partial charge in [-0.1, -0.05) is 13.0 Å². The lowest BCUT2D eigenvalue weighted by Crippen LogP contribution is -2.49. The second-order valence-electron chi connectivity index (χ2n) is 4.39. The minimum atomic E-state index is -0.355. The molecule has 1 aliphatic rings. The van der Waals surface area contributed by atoms with E-state index < -0.39 is 0 Å². The SMILES string of the molecule is C=CCN1CCC(NC(=O)[C@@H](N)CC)CC1. The highest BCUT2D eigenvalue weighted by Crippen LogP contribution is 2.10. The molecular weight excluding hydrogens is 202 g/mol. The zero-order chi connectivity index (χ0) is 12.0. The van der Waals surface area contributed by atoms with Gasteiger partial charge in [-0.05, 0) is 19.3 Å². The Morgan fingerprint density at radius 3 is 2.75 bits per heavy atom. The summed E-state index contributed by atoms with van der Waals surface area (Å²) >= 11 is 0. The average Bonchev–Trinajstić information content (AvgIpc) is 2.31. The van der Waals surface area contributed by atoms with E-state index >= 15 is 0 Å². The van der Waals surface area contributed by atoms with Crippen molar-refractivity contribution in [2.24, 2.45) is 5.73 Å². The molecule has 0 aromatic carbocycles. The first-order chi connectivity index (χ1) is 7.67. The van der Waals surface area contributed by atoms with Crippen LogP contribution in [0, 0.1) is 0 Å². The van der Waals surface area contributed by atoms with Crippen LogP contribution in [0.25, 0.3) is 0 Å². The summed E-state index contributed by atoms with van der Waals surface area (Å²) in [5.74, 6) is -0.00956. The first kappa shape index (κ1) is 13.2. The Balaban J connectivity index is 2.26. The molecule has 4 nitrogen and oxygen atoms in total. The summed E-state index contributed by atoms with van der Waals surface area (Å²) in [7, 11) is 0. The van der Waals surface area contributed by atoms with Crippen molar-refractivity contribution in [2.75, 3.05) is 19.6 Å². The van der Waals surface area contributed by atoms with Gasteiger partial charge in [0, 0.05) is 25.7 Å². The van der Waals surface area contributed by atoms with E-state index in [1.807, 2.05) is 13.0 Å². The largest absolute Gasteiger partial charge is 0.352 e. The van der Waals surface area contributed by atoms with Crippen LogP contribution in [0.4, 0.5) is 0 Å². The van der Waals surface area contributed by atoms with Crippen LogP contribution in [0.3, 0.4) is 0 Å². The maximum Gasteiger partial charge on any atom is 0.237 e. The second-order valence-corrected chi connectivity index (χ2v) is 4.39. The molecule has 92 valence electrons. The number of amides is 1. The molecular formula is C12H23N3O. The minimum absolute atomic E-state index is 0.00956. The summed E-state index contributed by atoms with van der Waals surface area (Å²) in [6, 6.07) is -0.0580. The number of carbonyl (C=O) groups excluding carboxylic acids is 1. The van der Waals surface area contributed by atoms with Crippen LogP contribution in [-0.2, 0) is 4.79 Å². The van der Waals surface area contributed by atoms with Crippen LogP contribution >= 0.6 is 0 Å². The van der Waals surface area contributed by atoms with Crippen molar-refractivity contribution < 1.29 is 4.79 Å². The Morgan fingerprint density at radius 1 is 1.62 bits per heavy atom. The first-order valence-corrected chi connectivity index (χ1v) is 6.06. The van der Waals surface area contributed by atoms with Gasteiger partial charge in [-0.15, -0.1) is 6.58 Å². The number of nitrogens with two attached hydrogens (primary N) is 1. The van der Waals surface area contributed by atoms with Gasteiger partial charge >= 0.3 is 0 Å². The number of piperidine rings is 1. The molecule has 1 heterocycles. The molecule has 0 radical (unpaired) electrons. The summed E-state index contributed by atoms with van der Waals surface area (Å²) in [6.45, 7) is 8.65. The van der Waals surface area contributed by atoms with E-state index in [0.717, 1.165) is 32.5 Å². The second kappa shape index (κ2) is 6.66. The molecule has 1 amide bonds. The van der Waals surface area contributed by atoms with Gasteiger partial charge in [0.2, 0.25) is 5.91 Å². The standard InChI is InChI=1S/C12H23N3O/c1-3-7-15-8-5-10(6-9-15)14-12(16)11(13)4-2/h3,10-11H,1,4-9,13H2,2H3,(H,14,16)/t11-/m0/s1. The highest BCUT2D eigenvalue weighted by atomic mass is 16.2. The fourth-order valence-corrected chi connectivity index (χ4v) is 1.94. The zero-order valence-corrected chi connectivity index (χ0v) is 10.1. The van der Waals surface area contributed by atoms with Crippen LogP contribution in [0.5, 0.6) is 0 Å². The Kier molecular flexibility index (Phi) is 5.49. The molecule has 0 aromatic rings. The van der Waals surface area contributed by atoms with Gasteiger partial charge in [-0.2, -0.15) is 0 Å². The van der Waals surface area contributed by atoms with Gasteiger partial charge in [0.15, 0.2) is 0 Å². The summed E-state index contributed by atoms with van der Waals surface area (Å²) in [6.07, 6.45) is 4.64. The summed E-state index contributed by atoms with van der Waals surface area (Å²) in [4.78, 5) is 13.9. The van der Waals surface area contributed by atoms with E-state index in [2.05, 4.69) is 16.8 Å². The lowest BCUT2D eigenvalue weighted by atomic mass is 10.0. The number of nitrogens with zero attached hydrogens (tertiary/aromatic N) is 1. The third-order valence-corrected chi connectivity index (χ3v) is 3.10. The van der Waals surface area contributed by atoms with Crippen LogP contribution in [0.15, 0.2) is 12.7 Å². The van der Waals surface area contributed by atoms with Crippen molar-refractivity contribution in [1.82, 2.24) is 10.2 Å². The molecule has 1 rings (SSSR count). The molecule has 0 aromatic heterocycles. The molecule has 1 atom stereocenters. The van der Waals surface area contributed by atoms with Crippen molar-refractivity contribution in [3.05, 3.63) is 12.7 Å². The average molecular weight is 225 g/mol.